The van der Waals surface area contributed by atoms with Gasteiger partial charge in [-0.15, -0.1) is 11.3 Å². The highest BCUT2D eigenvalue weighted by molar-refractivity contribution is 9.10. The zero-order chi connectivity index (χ0) is 19.1. The Morgan fingerprint density at radius 3 is 2.77 bits per heavy atom. The highest BCUT2D eigenvalue weighted by Gasteiger charge is 2.13. The fourth-order valence-electron chi connectivity index (χ4n) is 2.38. The van der Waals surface area contributed by atoms with Crippen LogP contribution in [0.3, 0.4) is 0 Å². The number of aryl methyl sites for hydroxylation is 2. The molecule has 0 saturated carbocycles. The van der Waals surface area contributed by atoms with Gasteiger partial charge in [0.05, 0.1) is 11.3 Å². The van der Waals surface area contributed by atoms with E-state index in [2.05, 4.69) is 45.4 Å². The van der Waals surface area contributed by atoms with Gasteiger partial charge in [0.15, 0.2) is 5.13 Å². The molecular formula is C18H21BrFN3O2S. The van der Waals surface area contributed by atoms with Crippen molar-refractivity contribution in [2.75, 3.05) is 11.9 Å². The Bertz CT molecular complexity index is 795. The van der Waals surface area contributed by atoms with E-state index in [1.54, 1.807) is 0 Å². The number of amides is 2. The van der Waals surface area contributed by atoms with E-state index in [1.165, 1.54) is 28.3 Å². The van der Waals surface area contributed by atoms with E-state index in [1.807, 2.05) is 0 Å². The Morgan fingerprint density at radius 1 is 1.31 bits per heavy atom. The lowest BCUT2D eigenvalue weighted by Gasteiger charge is -2.07. The maximum absolute atomic E-state index is 13.2. The smallest absolute Gasteiger partial charge is 0.252 e. The Labute approximate surface area is 164 Å². The minimum atomic E-state index is -0.491. The SMILES string of the molecule is CCCc1nc(NC(=O)CCNC(=O)c2cc(F)ccc2Br)sc1CC. The first-order valence-electron chi connectivity index (χ1n) is 8.46. The van der Waals surface area contributed by atoms with Crippen LogP contribution in [0, 0.1) is 5.82 Å². The van der Waals surface area contributed by atoms with Gasteiger partial charge in [0, 0.05) is 22.3 Å². The lowest BCUT2D eigenvalue weighted by Crippen LogP contribution is -2.28. The molecule has 140 valence electrons. The summed E-state index contributed by atoms with van der Waals surface area (Å²) in [6, 6.07) is 3.88. The number of aromatic nitrogens is 1. The highest BCUT2D eigenvalue weighted by Crippen LogP contribution is 2.24. The van der Waals surface area contributed by atoms with Gasteiger partial charge in [-0.3, -0.25) is 9.59 Å². The molecule has 1 aromatic heterocycles. The highest BCUT2D eigenvalue weighted by atomic mass is 79.9. The number of halogens is 2. The number of anilines is 1. The first-order chi connectivity index (χ1) is 12.4. The Kier molecular flexibility index (Phi) is 7.71. The van der Waals surface area contributed by atoms with E-state index in [0.717, 1.165) is 31.0 Å². The van der Waals surface area contributed by atoms with Crippen molar-refractivity contribution in [2.45, 2.75) is 39.5 Å². The van der Waals surface area contributed by atoms with Crippen LogP contribution in [0.15, 0.2) is 22.7 Å². The molecule has 8 heteroatoms. The molecule has 0 unspecified atom stereocenters. The van der Waals surface area contributed by atoms with Crippen LogP contribution in [0.2, 0.25) is 0 Å². The van der Waals surface area contributed by atoms with Crippen molar-refractivity contribution in [2.24, 2.45) is 0 Å². The van der Waals surface area contributed by atoms with Crippen molar-refractivity contribution in [3.05, 3.63) is 44.6 Å². The van der Waals surface area contributed by atoms with E-state index in [0.29, 0.717) is 9.60 Å². The van der Waals surface area contributed by atoms with Crippen LogP contribution < -0.4 is 10.6 Å². The van der Waals surface area contributed by atoms with Crippen LogP contribution in [0.25, 0.3) is 0 Å². The zero-order valence-corrected chi connectivity index (χ0v) is 17.1. The molecule has 0 aliphatic rings. The molecule has 0 aliphatic carbocycles. The summed E-state index contributed by atoms with van der Waals surface area (Å²) in [5, 5.41) is 5.99. The van der Waals surface area contributed by atoms with Crippen LogP contribution in [0.5, 0.6) is 0 Å². The number of rotatable bonds is 8. The quantitative estimate of drug-likeness (QED) is 0.640. The molecule has 1 heterocycles. The van der Waals surface area contributed by atoms with E-state index in [9.17, 15) is 14.0 Å². The molecule has 0 bridgehead atoms. The van der Waals surface area contributed by atoms with Crippen molar-refractivity contribution in [3.63, 3.8) is 0 Å². The minimum absolute atomic E-state index is 0.114. The van der Waals surface area contributed by atoms with Crippen LogP contribution in [-0.4, -0.2) is 23.3 Å². The van der Waals surface area contributed by atoms with E-state index < -0.39 is 11.7 Å². The number of hydrogen-bond acceptors (Lipinski definition) is 4. The molecule has 2 rings (SSSR count). The second-order valence-electron chi connectivity index (χ2n) is 5.67. The summed E-state index contributed by atoms with van der Waals surface area (Å²) in [6.45, 7) is 4.32. The third-order valence-corrected chi connectivity index (χ3v) is 5.49. The zero-order valence-electron chi connectivity index (χ0n) is 14.7. The standard InChI is InChI=1S/C18H21BrFN3O2S/c1-3-5-14-15(4-2)26-18(22-14)23-16(24)8-9-21-17(25)12-10-11(20)6-7-13(12)19/h6-7,10H,3-5,8-9H2,1-2H3,(H,21,25)(H,22,23,24). The van der Waals surface area contributed by atoms with Crippen molar-refractivity contribution < 1.29 is 14.0 Å². The second-order valence-corrected chi connectivity index (χ2v) is 7.61. The van der Waals surface area contributed by atoms with Gasteiger partial charge in [-0.05, 0) is 47.0 Å². The maximum Gasteiger partial charge on any atom is 0.252 e. The molecule has 0 spiro atoms. The molecule has 5 nitrogen and oxygen atoms in total. The van der Waals surface area contributed by atoms with Crippen LogP contribution >= 0.6 is 27.3 Å². The molecule has 0 radical (unpaired) electrons. The number of carbonyl (C=O) groups is 2. The largest absolute Gasteiger partial charge is 0.351 e. The number of nitrogens with zero attached hydrogens (tertiary/aromatic N) is 1. The van der Waals surface area contributed by atoms with Gasteiger partial charge in [0.1, 0.15) is 5.82 Å². The van der Waals surface area contributed by atoms with Crippen molar-refractivity contribution in [3.8, 4) is 0 Å². The predicted molar refractivity (Wildman–Crippen MR) is 105 cm³/mol. The molecule has 26 heavy (non-hydrogen) atoms. The average molecular weight is 442 g/mol. The summed E-state index contributed by atoms with van der Waals surface area (Å²) in [6.07, 6.45) is 2.91. The van der Waals surface area contributed by atoms with Gasteiger partial charge in [-0.2, -0.15) is 0 Å². The molecule has 0 saturated heterocycles. The third kappa shape index (κ3) is 5.60. The van der Waals surface area contributed by atoms with Gasteiger partial charge in [-0.1, -0.05) is 20.3 Å². The number of benzene rings is 1. The summed E-state index contributed by atoms with van der Waals surface area (Å²) in [5.74, 6) is -1.14. The van der Waals surface area contributed by atoms with Crippen molar-refractivity contribution in [1.82, 2.24) is 10.3 Å². The molecular weight excluding hydrogens is 421 g/mol. The van der Waals surface area contributed by atoms with E-state index >= 15 is 0 Å². The molecule has 2 aromatic rings. The van der Waals surface area contributed by atoms with Crippen LogP contribution in [0.1, 0.15) is 47.6 Å². The molecule has 0 aliphatic heterocycles. The summed E-state index contributed by atoms with van der Waals surface area (Å²) in [4.78, 5) is 29.8. The van der Waals surface area contributed by atoms with Crippen LogP contribution in [0.4, 0.5) is 9.52 Å². The molecule has 0 atom stereocenters. The minimum Gasteiger partial charge on any atom is -0.351 e. The Hall–Kier alpha value is -1.80. The number of nitrogens with one attached hydrogen (secondary N) is 2. The number of carbonyl (C=O) groups excluding carboxylic acids is 2. The first kappa shape index (κ1) is 20.5. The van der Waals surface area contributed by atoms with Crippen molar-refractivity contribution in [1.29, 1.82) is 0 Å². The molecule has 2 N–H and O–H groups in total. The lowest BCUT2D eigenvalue weighted by molar-refractivity contribution is -0.116. The van der Waals surface area contributed by atoms with Crippen LogP contribution in [-0.2, 0) is 17.6 Å². The molecule has 1 aromatic carbocycles. The fourth-order valence-corrected chi connectivity index (χ4v) is 3.77. The third-order valence-electron chi connectivity index (χ3n) is 3.64. The fraction of sp³-hybridized carbons (Fsp3) is 0.389. The summed E-state index contributed by atoms with van der Waals surface area (Å²) in [5.41, 5.74) is 1.24. The summed E-state index contributed by atoms with van der Waals surface area (Å²) < 4.78 is 13.7. The van der Waals surface area contributed by atoms with E-state index in [-0.39, 0.29) is 24.4 Å². The molecule has 0 fully saturated rings. The monoisotopic (exact) mass is 441 g/mol. The van der Waals surface area contributed by atoms with Gasteiger partial charge in [0.25, 0.3) is 5.91 Å². The normalized spacial score (nSPS) is 10.6. The summed E-state index contributed by atoms with van der Waals surface area (Å²) in [7, 11) is 0. The van der Waals surface area contributed by atoms with Gasteiger partial charge >= 0.3 is 0 Å². The maximum atomic E-state index is 13.2. The number of hydrogen-bond donors (Lipinski definition) is 2. The Morgan fingerprint density at radius 2 is 2.08 bits per heavy atom. The average Bonchev–Trinajstić information content (AvgIpc) is 2.98. The Balaban J connectivity index is 1.85. The molecule has 2 amide bonds. The number of thiazole rings is 1. The summed E-state index contributed by atoms with van der Waals surface area (Å²) >= 11 is 4.70. The van der Waals surface area contributed by atoms with Gasteiger partial charge in [0.2, 0.25) is 5.91 Å². The topological polar surface area (TPSA) is 71.1 Å². The van der Waals surface area contributed by atoms with E-state index in [4.69, 9.17) is 0 Å². The second kappa shape index (κ2) is 9.78. The predicted octanol–water partition coefficient (Wildman–Crippen LogP) is 4.32. The van der Waals surface area contributed by atoms with Crippen molar-refractivity contribution >= 4 is 44.2 Å². The van der Waals surface area contributed by atoms with Gasteiger partial charge < -0.3 is 10.6 Å². The van der Waals surface area contributed by atoms with Gasteiger partial charge in [-0.25, -0.2) is 9.37 Å². The first-order valence-corrected chi connectivity index (χ1v) is 10.1. The lowest BCUT2D eigenvalue weighted by atomic mass is 10.2.